The lowest BCUT2D eigenvalue weighted by molar-refractivity contribution is 0.628. The highest BCUT2D eigenvalue weighted by Gasteiger charge is 2.17. The number of nitrogens with zero attached hydrogens (tertiary/aromatic N) is 5. The molecule has 0 radical (unpaired) electrons. The highest BCUT2D eigenvalue weighted by Crippen LogP contribution is 2.27. The van der Waals surface area contributed by atoms with E-state index in [4.69, 9.17) is 6.42 Å². The second-order valence-electron chi connectivity index (χ2n) is 5.00. The molecule has 0 N–H and O–H groups in total. The first-order valence-corrected chi connectivity index (χ1v) is 6.69. The van der Waals surface area contributed by atoms with Crippen LogP contribution in [-0.4, -0.2) is 33.6 Å². The average Bonchev–Trinajstić information content (AvgIpc) is 2.86. The molecule has 0 saturated heterocycles. The SMILES string of the molecule is C#CCn1c(-c2cccc(F)c2)nc2c(N(C)C)ncnc21. The fourth-order valence-electron chi connectivity index (χ4n) is 2.34. The van der Waals surface area contributed by atoms with Gasteiger partial charge in [-0.2, -0.15) is 0 Å². The Balaban J connectivity index is 2.32. The van der Waals surface area contributed by atoms with Gasteiger partial charge in [0.2, 0.25) is 0 Å². The minimum atomic E-state index is -0.323. The van der Waals surface area contributed by atoms with Crippen LogP contribution in [-0.2, 0) is 6.54 Å². The van der Waals surface area contributed by atoms with Crippen LogP contribution >= 0.6 is 0 Å². The molecule has 0 bridgehead atoms. The Kier molecular flexibility index (Phi) is 3.47. The van der Waals surface area contributed by atoms with Crippen LogP contribution < -0.4 is 4.90 Å². The molecule has 0 atom stereocenters. The van der Waals surface area contributed by atoms with E-state index in [-0.39, 0.29) is 5.82 Å². The van der Waals surface area contributed by atoms with E-state index in [9.17, 15) is 4.39 Å². The highest BCUT2D eigenvalue weighted by atomic mass is 19.1. The number of fused-ring (bicyclic) bond motifs is 1. The van der Waals surface area contributed by atoms with Crippen molar-refractivity contribution in [3.63, 3.8) is 0 Å². The van der Waals surface area contributed by atoms with Crippen molar-refractivity contribution >= 4 is 17.0 Å². The van der Waals surface area contributed by atoms with Crippen molar-refractivity contribution < 1.29 is 4.39 Å². The van der Waals surface area contributed by atoms with Crippen molar-refractivity contribution in [1.29, 1.82) is 0 Å². The first kappa shape index (κ1) is 14.0. The fraction of sp³-hybridized carbons (Fsp3) is 0.188. The lowest BCUT2D eigenvalue weighted by Gasteiger charge is -2.10. The topological polar surface area (TPSA) is 46.8 Å². The van der Waals surface area contributed by atoms with Crippen molar-refractivity contribution in [3.8, 4) is 23.7 Å². The Bertz CT molecular complexity index is 876. The zero-order chi connectivity index (χ0) is 15.7. The maximum Gasteiger partial charge on any atom is 0.166 e. The molecule has 0 aliphatic carbocycles. The van der Waals surface area contributed by atoms with Crippen LogP contribution in [0, 0.1) is 18.2 Å². The third kappa shape index (κ3) is 2.27. The number of halogens is 1. The van der Waals surface area contributed by atoms with Crippen LogP contribution in [0.15, 0.2) is 30.6 Å². The van der Waals surface area contributed by atoms with Crippen molar-refractivity contribution in [2.75, 3.05) is 19.0 Å². The highest BCUT2D eigenvalue weighted by molar-refractivity contribution is 5.86. The standard InChI is InChI=1S/C16H14FN5/c1-4-8-22-14(11-6-5-7-12(17)9-11)20-13-15(21(2)3)18-10-19-16(13)22/h1,5-7,9-10H,8H2,2-3H3. The number of rotatable bonds is 3. The molecule has 2 heterocycles. The average molecular weight is 295 g/mol. The number of hydrogen-bond donors (Lipinski definition) is 0. The number of benzene rings is 1. The summed E-state index contributed by atoms with van der Waals surface area (Å²) in [6.45, 7) is 0.298. The summed E-state index contributed by atoms with van der Waals surface area (Å²) < 4.78 is 15.3. The minimum absolute atomic E-state index is 0.298. The number of imidazole rings is 1. The maximum absolute atomic E-state index is 13.5. The third-order valence-electron chi connectivity index (χ3n) is 3.27. The summed E-state index contributed by atoms with van der Waals surface area (Å²) in [6.07, 6.45) is 6.93. The summed E-state index contributed by atoms with van der Waals surface area (Å²) in [5, 5.41) is 0. The molecule has 0 aliphatic rings. The Morgan fingerprint density at radius 2 is 2.14 bits per heavy atom. The summed E-state index contributed by atoms with van der Waals surface area (Å²) in [7, 11) is 3.76. The molecule has 2 aromatic heterocycles. The first-order chi connectivity index (χ1) is 10.6. The molecule has 6 heteroatoms. The summed E-state index contributed by atoms with van der Waals surface area (Å²) in [5.41, 5.74) is 1.93. The van der Waals surface area contributed by atoms with Crippen LogP contribution in [0.3, 0.4) is 0 Å². The zero-order valence-electron chi connectivity index (χ0n) is 12.3. The number of terminal acetylenes is 1. The van der Waals surface area contributed by atoms with Crippen LogP contribution in [0.5, 0.6) is 0 Å². The van der Waals surface area contributed by atoms with E-state index in [1.807, 2.05) is 19.0 Å². The Morgan fingerprint density at radius 3 is 2.82 bits per heavy atom. The van der Waals surface area contributed by atoms with Gasteiger partial charge in [-0.25, -0.2) is 19.3 Å². The van der Waals surface area contributed by atoms with Crippen molar-refractivity contribution in [2.45, 2.75) is 6.54 Å². The zero-order valence-corrected chi connectivity index (χ0v) is 12.3. The molecule has 0 spiro atoms. The predicted octanol–water partition coefficient (Wildman–Crippen LogP) is 2.33. The van der Waals surface area contributed by atoms with Crippen molar-refractivity contribution in [1.82, 2.24) is 19.5 Å². The molecular formula is C16H14FN5. The van der Waals surface area contributed by atoms with Gasteiger partial charge in [-0.1, -0.05) is 18.1 Å². The maximum atomic E-state index is 13.5. The van der Waals surface area contributed by atoms with Gasteiger partial charge < -0.3 is 4.90 Å². The lowest BCUT2D eigenvalue weighted by Crippen LogP contribution is -2.11. The molecule has 0 amide bonds. The molecule has 0 aliphatic heterocycles. The summed E-state index contributed by atoms with van der Waals surface area (Å²) in [4.78, 5) is 15.0. The summed E-state index contributed by atoms with van der Waals surface area (Å²) in [6, 6.07) is 6.25. The predicted molar refractivity (Wildman–Crippen MR) is 83.9 cm³/mol. The molecule has 0 unspecified atom stereocenters. The van der Waals surface area contributed by atoms with Crippen LogP contribution in [0.4, 0.5) is 10.2 Å². The molecule has 0 saturated carbocycles. The van der Waals surface area contributed by atoms with E-state index in [1.165, 1.54) is 18.5 Å². The number of aromatic nitrogens is 4. The summed E-state index contributed by atoms with van der Waals surface area (Å²) >= 11 is 0. The second kappa shape index (κ2) is 5.45. The smallest absolute Gasteiger partial charge is 0.166 e. The van der Waals surface area contributed by atoms with Gasteiger partial charge in [-0.05, 0) is 12.1 Å². The Hall–Kier alpha value is -2.94. The van der Waals surface area contributed by atoms with E-state index in [0.29, 0.717) is 34.9 Å². The molecule has 1 aromatic carbocycles. The molecule has 5 nitrogen and oxygen atoms in total. The second-order valence-corrected chi connectivity index (χ2v) is 5.00. The molecule has 3 rings (SSSR count). The monoisotopic (exact) mass is 295 g/mol. The van der Waals surface area contributed by atoms with E-state index in [1.54, 1.807) is 16.7 Å². The Morgan fingerprint density at radius 1 is 1.32 bits per heavy atom. The van der Waals surface area contributed by atoms with Gasteiger partial charge in [0.15, 0.2) is 17.0 Å². The number of anilines is 1. The molecule has 110 valence electrons. The van der Waals surface area contributed by atoms with Gasteiger partial charge in [-0.3, -0.25) is 4.57 Å². The molecule has 0 fully saturated rings. The normalized spacial score (nSPS) is 10.6. The van der Waals surface area contributed by atoms with Crippen molar-refractivity contribution in [2.24, 2.45) is 0 Å². The summed E-state index contributed by atoms with van der Waals surface area (Å²) in [5.74, 6) is 3.54. The van der Waals surface area contributed by atoms with E-state index >= 15 is 0 Å². The van der Waals surface area contributed by atoms with Gasteiger partial charge in [0.25, 0.3) is 0 Å². The number of hydrogen-bond acceptors (Lipinski definition) is 4. The lowest BCUT2D eigenvalue weighted by atomic mass is 10.2. The van der Waals surface area contributed by atoms with Crippen LogP contribution in [0.25, 0.3) is 22.6 Å². The van der Waals surface area contributed by atoms with Crippen LogP contribution in [0.2, 0.25) is 0 Å². The van der Waals surface area contributed by atoms with Gasteiger partial charge in [0.1, 0.15) is 18.0 Å². The molecule has 22 heavy (non-hydrogen) atoms. The fourth-order valence-corrected chi connectivity index (χ4v) is 2.34. The van der Waals surface area contributed by atoms with Gasteiger partial charge in [-0.15, -0.1) is 6.42 Å². The van der Waals surface area contributed by atoms with E-state index in [0.717, 1.165) is 0 Å². The van der Waals surface area contributed by atoms with Gasteiger partial charge in [0.05, 0.1) is 6.54 Å². The largest absolute Gasteiger partial charge is 0.361 e. The minimum Gasteiger partial charge on any atom is -0.361 e. The van der Waals surface area contributed by atoms with Crippen molar-refractivity contribution in [3.05, 3.63) is 36.4 Å². The van der Waals surface area contributed by atoms with Gasteiger partial charge in [0, 0.05) is 19.7 Å². The third-order valence-corrected chi connectivity index (χ3v) is 3.27. The van der Waals surface area contributed by atoms with E-state index in [2.05, 4.69) is 20.9 Å². The van der Waals surface area contributed by atoms with Crippen LogP contribution in [0.1, 0.15) is 0 Å². The molecular weight excluding hydrogens is 281 g/mol. The molecule has 3 aromatic rings. The van der Waals surface area contributed by atoms with E-state index < -0.39 is 0 Å². The first-order valence-electron chi connectivity index (χ1n) is 6.69. The van der Waals surface area contributed by atoms with Gasteiger partial charge >= 0.3 is 0 Å². The Labute approximate surface area is 127 Å². The quantitative estimate of drug-likeness (QED) is 0.696.